The third-order valence-corrected chi connectivity index (χ3v) is 4.81. The second-order valence-electron chi connectivity index (χ2n) is 8.07. The Morgan fingerprint density at radius 2 is 1.40 bits per heavy atom. The molecule has 0 N–H and O–H groups in total. The number of hydrogen-bond donors (Lipinski definition) is 0. The van der Waals surface area contributed by atoms with Gasteiger partial charge in [-0.15, -0.1) is 6.58 Å². The van der Waals surface area contributed by atoms with E-state index in [0.29, 0.717) is 11.8 Å². The van der Waals surface area contributed by atoms with E-state index in [1.54, 1.807) is 0 Å². The molecular formula is C25H42. The predicted octanol–water partition coefficient (Wildman–Crippen LogP) is 8.59. The lowest BCUT2D eigenvalue weighted by molar-refractivity contribution is 0.483. The van der Waals surface area contributed by atoms with Crippen LogP contribution in [0.4, 0.5) is 0 Å². The zero-order valence-corrected chi connectivity index (χ0v) is 17.8. The van der Waals surface area contributed by atoms with Crippen molar-refractivity contribution in [2.24, 2.45) is 11.8 Å². The molecular weight excluding hydrogens is 300 g/mol. The van der Waals surface area contributed by atoms with E-state index in [-0.39, 0.29) is 0 Å². The van der Waals surface area contributed by atoms with Crippen molar-refractivity contribution in [1.29, 1.82) is 0 Å². The molecule has 0 aromatic rings. The van der Waals surface area contributed by atoms with E-state index in [2.05, 4.69) is 79.0 Å². The number of allylic oxidation sites excluding steroid dienone is 8. The molecule has 0 aliphatic carbocycles. The lowest BCUT2D eigenvalue weighted by atomic mass is 9.86. The van der Waals surface area contributed by atoms with E-state index < -0.39 is 0 Å². The fraction of sp³-hybridized carbons (Fsp3) is 0.600. The summed E-state index contributed by atoms with van der Waals surface area (Å²) in [6.07, 6.45) is 17.3. The average Bonchev–Trinajstić information content (AvgIpc) is 2.53. The largest absolute Gasteiger partial charge is 0.103 e. The molecule has 0 fully saturated rings. The fourth-order valence-electron chi connectivity index (χ4n) is 2.85. The summed E-state index contributed by atoms with van der Waals surface area (Å²) in [5.74, 6) is 1.20. The second kappa shape index (κ2) is 13.9. The molecule has 0 aliphatic rings. The van der Waals surface area contributed by atoms with Crippen molar-refractivity contribution in [2.45, 2.75) is 86.5 Å². The Hall–Kier alpha value is -1.30. The second-order valence-corrected chi connectivity index (χ2v) is 8.07. The molecule has 0 rings (SSSR count). The number of hydrogen-bond acceptors (Lipinski definition) is 0. The highest BCUT2D eigenvalue weighted by Crippen LogP contribution is 2.27. The molecule has 0 spiro atoms. The minimum atomic E-state index is 0.593. The molecule has 0 aromatic heterocycles. The highest BCUT2D eigenvalue weighted by molar-refractivity contribution is 5.09. The minimum Gasteiger partial charge on any atom is -0.103 e. The van der Waals surface area contributed by atoms with Crippen molar-refractivity contribution >= 4 is 0 Å². The average molecular weight is 343 g/mol. The van der Waals surface area contributed by atoms with Gasteiger partial charge in [0.2, 0.25) is 0 Å². The van der Waals surface area contributed by atoms with Gasteiger partial charge < -0.3 is 0 Å². The van der Waals surface area contributed by atoms with Crippen LogP contribution in [0.1, 0.15) is 86.5 Å². The van der Waals surface area contributed by atoms with E-state index in [4.69, 9.17) is 0 Å². The lowest BCUT2D eigenvalue weighted by Crippen LogP contribution is -2.05. The van der Waals surface area contributed by atoms with Gasteiger partial charge in [0, 0.05) is 0 Å². The quantitative estimate of drug-likeness (QED) is 0.294. The van der Waals surface area contributed by atoms with Crippen molar-refractivity contribution in [3.63, 3.8) is 0 Å². The monoisotopic (exact) mass is 342 g/mol. The Morgan fingerprint density at radius 3 is 1.92 bits per heavy atom. The Bertz CT molecular complexity index is 476. The van der Waals surface area contributed by atoms with Gasteiger partial charge in [-0.05, 0) is 91.4 Å². The summed E-state index contributed by atoms with van der Waals surface area (Å²) in [4.78, 5) is 0. The van der Waals surface area contributed by atoms with Gasteiger partial charge >= 0.3 is 0 Å². The molecule has 0 aliphatic heterocycles. The molecule has 142 valence electrons. The molecule has 2 atom stereocenters. The molecule has 0 bridgehead atoms. The van der Waals surface area contributed by atoms with Gasteiger partial charge in [-0.1, -0.05) is 60.1 Å². The van der Waals surface area contributed by atoms with Gasteiger partial charge in [-0.25, -0.2) is 0 Å². The van der Waals surface area contributed by atoms with Crippen LogP contribution < -0.4 is 0 Å². The van der Waals surface area contributed by atoms with Crippen LogP contribution in [0.3, 0.4) is 0 Å². The fourth-order valence-corrected chi connectivity index (χ4v) is 2.85. The maximum Gasteiger partial charge on any atom is -0.0171 e. The van der Waals surface area contributed by atoms with E-state index in [1.165, 1.54) is 41.6 Å². The van der Waals surface area contributed by atoms with E-state index in [0.717, 1.165) is 25.7 Å². The summed E-state index contributed by atoms with van der Waals surface area (Å²) < 4.78 is 0. The summed E-state index contributed by atoms with van der Waals surface area (Å²) in [7, 11) is 0. The third-order valence-electron chi connectivity index (χ3n) is 4.81. The van der Waals surface area contributed by atoms with Crippen LogP contribution in [-0.4, -0.2) is 0 Å². The van der Waals surface area contributed by atoms with Crippen molar-refractivity contribution in [1.82, 2.24) is 0 Å². The first kappa shape index (κ1) is 23.7. The summed E-state index contributed by atoms with van der Waals surface area (Å²) in [6, 6.07) is 0. The first-order valence-corrected chi connectivity index (χ1v) is 9.98. The molecule has 0 radical (unpaired) electrons. The zero-order chi connectivity index (χ0) is 19.2. The maximum absolute atomic E-state index is 4.43. The van der Waals surface area contributed by atoms with Gasteiger partial charge in [0.05, 0.1) is 0 Å². The van der Waals surface area contributed by atoms with E-state index in [9.17, 15) is 0 Å². The van der Waals surface area contributed by atoms with Crippen molar-refractivity contribution in [3.8, 4) is 0 Å². The first-order chi connectivity index (χ1) is 11.8. The Balaban J connectivity index is 4.70. The van der Waals surface area contributed by atoms with Crippen LogP contribution >= 0.6 is 0 Å². The molecule has 0 saturated carbocycles. The van der Waals surface area contributed by atoms with Crippen LogP contribution in [-0.2, 0) is 0 Å². The van der Waals surface area contributed by atoms with Crippen LogP contribution in [0.5, 0.6) is 0 Å². The van der Waals surface area contributed by atoms with Gasteiger partial charge in [0.15, 0.2) is 0 Å². The highest BCUT2D eigenvalue weighted by Gasteiger charge is 2.12. The van der Waals surface area contributed by atoms with Gasteiger partial charge in [-0.3, -0.25) is 0 Å². The summed E-state index contributed by atoms with van der Waals surface area (Å²) in [5.41, 5.74) is 5.75. The van der Waals surface area contributed by atoms with E-state index >= 15 is 0 Å². The summed E-state index contributed by atoms with van der Waals surface area (Å²) in [6.45, 7) is 21.6. The number of rotatable bonds is 13. The third kappa shape index (κ3) is 13.6. The summed E-state index contributed by atoms with van der Waals surface area (Å²) >= 11 is 0. The smallest absolute Gasteiger partial charge is 0.0171 e. The van der Waals surface area contributed by atoms with Crippen LogP contribution in [0, 0.1) is 11.8 Å². The Kier molecular flexibility index (Phi) is 13.2. The molecule has 0 nitrogen and oxygen atoms in total. The first-order valence-electron chi connectivity index (χ1n) is 9.98. The molecule has 2 unspecified atom stereocenters. The molecule has 0 heterocycles. The topological polar surface area (TPSA) is 0 Å². The normalized spacial score (nSPS) is 13.8. The molecule has 25 heavy (non-hydrogen) atoms. The zero-order valence-electron chi connectivity index (χ0n) is 17.8. The Labute approximate surface area is 158 Å². The maximum atomic E-state index is 4.43. The molecule has 0 amide bonds. The summed E-state index contributed by atoms with van der Waals surface area (Å²) in [5, 5.41) is 0. The highest BCUT2D eigenvalue weighted by atomic mass is 14.2. The predicted molar refractivity (Wildman–Crippen MR) is 117 cm³/mol. The van der Waals surface area contributed by atoms with Crippen LogP contribution in [0.25, 0.3) is 0 Å². The minimum absolute atomic E-state index is 0.593. The van der Waals surface area contributed by atoms with E-state index in [1.807, 2.05) is 0 Å². The molecule has 0 heteroatoms. The molecule has 0 aromatic carbocycles. The van der Waals surface area contributed by atoms with Gasteiger partial charge in [-0.2, -0.15) is 0 Å². The Morgan fingerprint density at radius 1 is 0.840 bits per heavy atom. The van der Waals surface area contributed by atoms with Crippen molar-refractivity contribution < 1.29 is 0 Å². The lowest BCUT2D eigenvalue weighted by Gasteiger charge is -2.20. The molecule has 0 saturated heterocycles. The van der Waals surface area contributed by atoms with Gasteiger partial charge in [0.25, 0.3) is 0 Å². The SMILES string of the molecule is C=CC(C)CCC(C/C=C(\C)CCC=C(C)C)C(=C)CCC=C(C)C. The van der Waals surface area contributed by atoms with Crippen molar-refractivity contribution in [3.05, 3.63) is 59.8 Å². The van der Waals surface area contributed by atoms with Crippen LogP contribution in [0.2, 0.25) is 0 Å². The van der Waals surface area contributed by atoms with Crippen molar-refractivity contribution in [2.75, 3.05) is 0 Å². The van der Waals surface area contributed by atoms with Crippen LogP contribution in [0.15, 0.2) is 59.8 Å². The van der Waals surface area contributed by atoms with Gasteiger partial charge in [0.1, 0.15) is 0 Å². The standard InChI is InChI=1S/C25H42/c1-9-22(6)16-18-25(24(8)15-11-13-21(4)5)19-17-23(7)14-10-12-20(2)3/h9,12-13,17,22,25H,1,8,10-11,14-16,18-19H2,2-7H3/b23-17+.